The summed E-state index contributed by atoms with van der Waals surface area (Å²) in [4.78, 5) is 10.9. The second-order valence-corrected chi connectivity index (χ2v) is 6.92. The zero-order valence-corrected chi connectivity index (χ0v) is 13.1. The fraction of sp³-hybridized carbons (Fsp3) is 0.417. The van der Waals surface area contributed by atoms with Crippen molar-refractivity contribution in [1.29, 1.82) is 0 Å². The Morgan fingerprint density at radius 3 is 2.32 bits per heavy atom. The monoisotopic (exact) mass is 349 g/mol. The van der Waals surface area contributed by atoms with E-state index in [1.807, 2.05) is 0 Å². The van der Waals surface area contributed by atoms with E-state index in [1.165, 1.54) is 16.4 Å². The number of aliphatic carboxylic acids is 1. The van der Waals surface area contributed by atoms with Gasteiger partial charge in [0.2, 0.25) is 10.0 Å². The van der Waals surface area contributed by atoms with Gasteiger partial charge in [0.05, 0.1) is 11.3 Å². The van der Waals surface area contributed by atoms with Gasteiger partial charge in [-0.3, -0.25) is 4.79 Å². The summed E-state index contributed by atoms with van der Waals surface area (Å²) in [6, 6.07) is 5.69. The maximum atomic E-state index is 12.4. The number of carbonyl (C=O) groups is 1. The van der Waals surface area contributed by atoms with Crippen LogP contribution in [0.2, 0.25) is 0 Å². The molecule has 0 aliphatic heterocycles. The van der Waals surface area contributed by atoms with Gasteiger partial charge in [-0.15, -0.1) is 0 Å². The number of rotatable bonds is 6. The van der Waals surface area contributed by atoms with Gasteiger partial charge < -0.3 is 5.11 Å². The van der Waals surface area contributed by atoms with Gasteiger partial charge in [0.25, 0.3) is 0 Å². The van der Waals surface area contributed by atoms with Crippen LogP contribution < -0.4 is 0 Å². The van der Waals surface area contributed by atoms with Crippen LogP contribution in [0.15, 0.2) is 33.6 Å². The van der Waals surface area contributed by atoms with Crippen LogP contribution in [0.4, 0.5) is 0 Å². The lowest BCUT2D eigenvalue weighted by Gasteiger charge is -2.26. The molecule has 106 valence electrons. The molecule has 0 saturated carbocycles. The highest BCUT2D eigenvalue weighted by atomic mass is 79.9. The Kier molecular flexibility index (Phi) is 5.51. The smallest absolute Gasteiger partial charge is 0.304 e. The quantitative estimate of drug-likeness (QED) is 0.855. The summed E-state index contributed by atoms with van der Waals surface area (Å²) in [5, 5.41) is 8.77. The highest BCUT2D eigenvalue weighted by molar-refractivity contribution is 9.10. The maximum Gasteiger partial charge on any atom is 0.304 e. The van der Waals surface area contributed by atoms with Crippen molar-refractivity contribution >= 4 is 31.9 Å². The van der Waals surface area contributed by atoms with Crippen molar-refractivity contribution in [1.82, 2.24) is 4.31 Å². The Morgan fingerprint density at radius 1 is 1.37 bits per heavy atom. The minimum atomic E-state index is -3.66. The van der Waals surface area contributed by atoms with E-state index in [9.17, 15) is 13.2 Å². The second kappa shape index (κ2) is 6.49. The molecule has 1 rings (SSSR count). The normalized spacial score (nSPS) is 13.5. The standard InChI is InChI=1S/C12H16BrNO4S/c1-3-14(9(2)8-12(15)16)19(17,18)11-6-4-10(13)5-7-11/h4-7,9H,3,8H2,1-2H3,(H,15,16). The summed E-state index contributed by atoms with van der Waals surface area (Å²) in [6.07, 6.45) is -0.219. The van der Waals surface area contributed by atoms with Crippen molar-refractivity contribution in [3.63, 3.8) is 0 Å². The number of benzene rings is 1. The van der Waals surface area contributed by atoms with Gasteiger partial charge in [-0.1, -0.05) is 22.9 Å². The van der Waals surface area contributed by atoms with Gasteiger partial charge >= 0.3 is 5.97 Å². The number of carboxylic acid groups (broad SMARTS) is 1. The van der Waals surface area contributed by atoms with Crippen LogP contribution in [-0.4, -0.2) is 36.4 Å². The van der Waals surface area contributed by atoms with E-state index < -0.39 is 22.0 Å². The topological polar surface area (TPSA) is 74.7 Å². The molecule has 0 fully saturated rings. The molecule has 0 amide bonds. The van der Waals surface area contributed by atoms with Crippen LogP contribution in [0, 0.1) is 0 Å². The zero-order chi connectivity index (χ0) is 14.6. The lowest BCUT2D eigenvalue weighted by molar-refractivity contribution is -0.137. The second-order valence-electron chi connectivity index (χ2n) is 4.11. The fourth-order valence-electron chi connectivity index (χ4n) is 1.82. The van der Waals surface area contributed by atoms with Crippen LogP contribution in [0.25, 0.3) is 0 Å². The van der Waals surface area contributed by atoms with E-state index in [0.717, 1.165) is 4.47 Å². The first kappa shape index (κ1) is 16.1. The van der Waals surface area contributed by atoms with Crippen molar-refractivity contribution < 1.29 is 18.3 Å². The van der Waals surface area contributed by atoms with Gasteiger partial charge in [0, 0.05) is 17.1 Å². The molecule has 5 nitrogen and oxygen atoms in total. The molecule has 0 aromatic heterocycles. The highest BCUT2D eigenvalue weighted by Gasteiger charge is 2.28. The van der Waals surface area contributed by atoms with Crippen molar-refractivity contribution in [2.45, 2.75) is 31.2 Å². The number of sulfonamides is 1. The first-order valence-corrected chi connectivity index (χ1v) is 8.01. The summed E-state index contributed by atoms with van der Waals surface area (Å²) < 4.78 is 26.8. The Hall–Kier alpha value is -0.920. The van der Waals surface area contributed by atoms with Crippen molar-refractivity contribution in [3.8, 4) is 0 Å². The molecule has 0 saturated heterocycles. The third-order valence-electron chi connectivity index (χ3n) is 2.69. The summed E-state index contributed by atoms with van der Waals surface area (Å²) >= 11 is 3.24. The lowest BCUT2D eigenvalue weighted by atomic mass is 10.2. The molecular formula is C12H16BrNO4S. The molecule has 1 atom stereocenters. The van der Waals surface area contributed by atoms with Crippen LogP contribution in [0.1, 0.15) is 20.3 Å². The Labute approximate surface area is 121 Å². The molecule has 7 heteroatoms. The van der Waals surface area contributed by atoms with E-state index >= 15 is 0 Å². The first-order valence-electron chi connectivity index (χ1n) is 5.78. The fourth-order valence-corrected chi connectivity index (χ4v) is 3.72. The number of halogens is 1. The van der Waals surface area contributed by atoms with E-state index in [0.29, 0.717) is 0 Å². The molecule has 0 heterocycles. The maximum absolute atomic E-state index is 12.4. The number of carboxylic acids is 1. The first-order chi connectivity index (χ1) is 8.78. The van der Waals surface area contributed by atoms with Gasteiger partial charge in [0.1, 0.15) is 0 Å². The molecule has 1 aromatic rings. The molecule has 1 aromatic carbocycles. The number of hydrogen-bond acceptors (Lipinski definition) is 3. The molecule has 19 heavy (non-hydrogen) atoms. The van der Waals surface area contributed by atoms with Gasteiger partial charge in [-0.05, 0) is 31.2 Å². The minimum absolute atomic E-state index is 0.162. The highest BCUT2D eigenvalue weighted by Crippen LogP contribution is 2.21. The molecule has 0 bridgehead atoms. The molecule has 0 spiro atoms. The summed E-state index contributed by atoms with van der Waals surface area (Å²) in [6.45, 7) is 3.51. The molecule has 0 aliphatic rings. The largest absolute Gasteiger partial charge is 0.481 e. The molecule has 0 aliphatic carbocycles. The molecule has 1 N–H and O–H groups in total. The lowest BCUT2D eigenvalue weighted by Crippen LogP contribution is -2.39. The number of hydrogen-bond donors (Lipinski definition) is 1. The van der Waals surface area contributed by atoms with Gasteiger partial charge in [-0.2, -0.15) is 4.31 Å². The van der Waals surface area contributed by atoms with Gasteiger partial charge in [0.15, 0.2) is 0 Å². The SMILES string of the molecule is CCN(C(C)CC(=O)O)S(=O)(=O)c1ccc(Br)cc1. The van der Waals surface area contributed by atoms with Crippen LogP contribution in [-0.2, 0) is 14.8 Å². The van der Waals surface area contributed by atoms with Crippen LogP contribution >= 0.6 is 15.9 Å². The average Bonchev–Trinajstić information content (AvgIpc) is 2.28. The third kappa shape index (κ3) is 4.02. The van der Waals surface area contributed by atoms with E-state index in [1.54, 1.807) is 26.0 Å². The van der Waals surface area contributed by atoms with Gasteiger partial charge in [-0.25, -0.2) is 8.42 Å². The van der Waals surface area contributed by atoms with Crippen LogP contribution in [0.5, 0.6) is 0 Å². The van der Waals surface area contributed by atoms with Crippen molar-refractivity contribution in [2.24, 2.45) is 0 Å². The predicted octanol–water partition coefficient (Wildman–Crippen LogP) is 2.32. The Bertz CT molecular complexity index is 541. The number of nitrogens with zero attached hydrogens (tertiary/aromatic N) is 1. The molecule has 1 unspecified atom stereocenters. The van der Waals surface area contributed by atoms with E-state index in [-0.39, 0.29) is 17.9 Å². The van der Waals surface area contributed by atoms with Crippen molar-refractivity contribution in [3.05, 3.63) is 28.7 Å². The molecule has 0 radical (unpaired) electrons. The zero-order valence-electron chi connectivity index (χ0n) is 10.7. The van der Waals surface area contributed by atoms with Crippen molar-refractivity contribution in [2.75, 3.05) is 6.54 Å². The predicted molar refractivity (Wildman–Crippen MR) is 75.4 cm³/mol. The third-order valence-corrected chi connectivity index (χ3v) is 5.33. The molecular weight excluding hydrogens is 334 g/mol. The average molecular weight is 350 g/mol. The Balaban J connectivity index is 3.08. The van der Waals surface area contributed by atoms with E-state index in [4.69, 9.17) is 5.11 Å². The van der Waals surface area contributed by atoms with Crippen LogP contribution in [0.3, 0.4) is 0 Å². The summed E-state index contributed by atoms with van der Waals surface area (Å²) in [7, 11) is -3.66. The van der Waals surface area contributed by atoms with E-state index in [2.05, 4.69) is 15.9 Å². The summed E-state index contributed by atoms with van der Waals surface area (Å²) in [5.41, 5.74) is 0. The summed E-state index contributed by atoms with van der Waals surface area (Å²) in [5.74, 6) is -1.02. The minimum Gasteiger partial charge on any atom is -0.481 e. The Morgan fingerprint density at radius 2 is 1.89 bits per heavy atom.